The van der Waals surface area contributed by atoms with E-state index in [9.17, 15) is 27.5 Å². The van der Waals surface area contributed by atoms with Gasteiger partial charge in [0.1, 0.15) is 0 Å². The monoisotopic (exact) mass is 586 g/mol. The number of fused-ring (bicyclic) bond motifs is 1. The summed E-state index contributed by atoms with van der Waals surface area (Å²) in [5.74, 6) is -1.31. The molecule has 4 rings (SSSR count). The van der Waals surface area contributed by atoms with Crippen LogP contribution in [0.5, 0.6) is 5.75 Å². The molecule has 37 heavy (non-hydrogen) atoms. The number of halogens is 1. The number of benzene rings is 3. The molecule has 0 fully saturated rings. The second-order valence-corrected chi connectivity index (χ2v) is 13.6. The van der Waals surface area contributed by atoms with Crippen LogP contribution in [-0.2, 0) is 16.4 Å². The third-order valence-electron chi connectivity index (χ3n) is 5.37. The molecule has 1 aromatic heterocycles. The van der Waals surface area contributed by atoms with Crippen LogP contribution in [0.15, 0.2) is 65.1 Å². The molecule has 4 aromatic rings. The van der Waals surface area contributed by atoms with Crippen LogP contribution in [-0.4, -0.2) is 59.0 Å². The topological polar surface area (TPSA) is 123 Å². The van der Waals surface area contributed by atoms with E-state index < -0.39 is 43.3 Å². The normalized spacial score (nSPS) is 11.8. The van der Waals surface area contributed by atoms with Gasteiger partial charge in [0.2, 0.25) is 0 Å². The van der Waals surface area contributed by atoms with Crippen LogP contribution < -0.4 is 14.4 Å². The van der Waals surface area contributed by atoms with Crippen molar-refractivity contribution < 1.29 is 36.7 Å². The first-order chi connectivity index (χ1) is 17.6. The number of carboxylic acid groups (broad SMARTS) is 1. The van der Waals surface area contributed by atoms with E-state index in [0.717, 1.165) is 6.26 Å². The molecule has 0 atom stereocenters. The Hall–Kier alpha value is -3.62. The standard InChI is InChI=1S/C26H22AsFNO7S/c1-29-25(30)23-19-11-22(35-13-15-4-3-5-17(10-15)26(31)32)20(27-14-37(2,33)34)12-21(19)36-24(23)16-6-8-18(28)9-7-16/h3-12H,13-14H2,1-2H3,(H,29,30)(H,31,32). The zero-order chi connectivity index (χ0) is 26.7. The molecule has 1 heterocycles. The van der Waals surface area contributed by atoms with Crippen LogP contribution in [0, 0.1) is 5.82 Å². The fourth-order valence-electron chi connectivity index (χ4n) is 3.65. The minimum absolute atomic E-state index is 0.0254. The Labute approximate surface area is 219 Å². The summed E-state index contributed by atoms with van der Waals surface area (Å²) < 4.78 is 49.9. The van der Waals surface area contributed by atoms with Crippen molar-refractivity contribution in [2.75, 3.05) is 17.8 Å². The van der Waals surface area contributed by atoms with Crippen molar-refractivity contribution in [2.45, 2.75) is 6.61 Å². The predicted octanol–water partition coefficient (Wildman–Crippen LogP) is 3.21. The molecular weight excluding hydrogens is 564 g/mol. The molecule has 1 radical (unpaired) electrons. The molecule has 0 spiro atoms. The molecule has 0 saturated carbocycles. The summed E-state index contributed by atoms with van der Waals surface area (Å²) in [6, 6.07) is 15.1. The van der Waals surface area contributed by atoms with Crippen LogP contribution in [0.1, 0.15) is 26.3 Å². The molecule has 0 bridgehead atoms. The summed E-state index contributed by atoms with van der Waals surface area (Å²) in [7, 11) is -1.77. The molecule has 0 saturated heterocycles. The van der Waals surface area contributed by atoms with Crippen LogP contribution in [0.3, 0.4) is 0 Å². The average Bonchev–Trinajstić information content (AvgIpc) is 3.23. The summed E-state index contributed by atoms with van der Waals surface area (Å²) in [6.07, 6.45) is 1.16. The first-order valence-electron chi connectivity index (χ1n) is 10.9. The van der Waals surface area contributed by atoms with Crippen molar-refractivity contribution in [1.29, 1.82) is 0 Å². The number of aromatic carboxylic acids is 1. The number of rotatable bonds is 9. The molecule has 11 heteroatoms. The summed E-state index contributed by atoms with van der Waals surface area (Å²) in [6.45, 7) is 0.0254. The van der Waals surface area contributed by atoms with E-state index in [1.165, 1.54) is 43.4 Å². The van der Waals surface area contributed by atoms with Gasteiger partial charge in [-0.3, -0.25) is 0 Å². The molecule has 0 aliphatic carbocycles. The Balaban J connectivity index is 1.82. The molecule has 2 N–H and O–H groups in total. The fourth-order valence-corrected chi connectivity index (χ4v) is 7.41. The second kappa shape index (κ2) is 10.8. The second-order valence-electron chi connectivity index (χ2n) is 8.22. The summed E-state index contributed by atoms with van der Waals surface area (Å²) >= 11 is -0.881. The van der Waals surface area contributed by atoms with E-state index in [2.05, 4.69) is 5.32 Å². The number of ether oxygens (including phenoxy) is 1. The van der Waals surface area contributed by atoms with Gasteiger partial charge in [0.25, 0.3) is 0 Å². The molecule has 1 amide bonds. The summed E-state index contributed by atoms with van der Waals surface area (Å²) in [4.78, 5) is 24.2. The van der Waals surface area contributed by atoms with Gasteiger partial charge in [0.15, 0.2) is 0 Å². The van der Waals surface area contributed by atoms with Gasteiger partial charge in [0.05, 0.1) is 0 Å². The Morgan fingerprint density at radius 2 is 1.84 bits per heavy atom. The maximum atomic E-state index is 13.5. The van der Waals surface area contributed by atoms with Gasteiger partial charge in [-0.25, -0.2) is 0 Å². The number of nitrogens with one attached hydrogen (secondary N) is 1. The Kier molecular flexibility index (Phi) is 7.70. The van der Waals surface area contributed by atoms with Crippen LogP contribution >= 0.6 is 0 Å². The summed E-state index contributed by atoms with van der Waals surface area (Å²) in [5.41, 5.74) is 1.80. The zero-order valence-electron chi connectivity index (χ0n) is 19.8. The number of amides is 1. The molecule has 0 unspecified atom stereocenters. The number of hydrogen-bond donors (Lipinski definition) is 2. The Bertz CT molecular complexity index is 1600. The van der Waals surface area contributed by atoms with Gasteiger partial charge in [-0.2, -0.15) is 0 Å². The van der Waals surface area contributed by atoms with Crippen molar-refractivity contribution in [3.8, 4) is 17.1 Å². The van der Waals surface area contributed by atoms with Crippen molar-refractivity contribution in [3.05, 3.63) is 83.2 Å². The third-order valence-corrected chi connectivity index (χ3v) is 11.2. The van der Waals surface area contributed by atoms with E-state index in [-0.39, 0.29) is 28.0 Å². The van der Waals surface area contributed by atoms with Crippen molar-refractivity contribution in [3.63, 3.8) is 0 Å². The number of furan rings is 1. The molecule has 3 aromatic carbocycles. The number of carboxylic acids is 1. The van der Waals surface area contributed by atoms with Gasteiger partial charge in [-0.05, 0) is 0 Å². The molecular formula is C26H22AsFNO7S. The Morgan fingerprint density at radius 3 is 2.49 bits per heavy atom. The van der Waals surface area contributed by atoms with Gasteiger partial charge >= 0.3 is 219 Å². The van der Waals surface area contributed by atoms with E-state index in [4.69, 9.17) is 9.15 Å². The van der Waals surface area contributed by atoms with Crippen LogP contribution in [0.25, 0.3) is 22.3 Å². The summed E-state index contributed by atoms with van der Waals surface area (Å²) in [5, 5.41) is 12.3. The average molecular weight is 586 g/mol. The molecule has 8 nitrogen and oxygen atoms in total. The third kappa shape index (κ3) is 6.21. The quantitative estimate of drug-likeness (QED) is 0.289. The van der Waals surface area contributed by atoms with Gasteiger partial charge in [0, 0.05) is 0 Å². The van der Waals surface area contributed by atoms with E-state index in [1.54, 1.807) is 24.3 Å². The van der Waals surface area contributed by atoms with Gasteiger partial charge < -0.3 is 0 Å². The number of carbonyl (C=O) groups excluding carboxylic acids is 1. The SMILES string of the molecule is CNC(=O)c1c(-c2ccc(F)cc2)oc2cc([As]CS(C)(=O)=O)c(OCc3cccc(C(=O)O)c3)cc12. The van der Waals surface area contributed by atoms with Crippen molar-refractivity contribution >= 4 is 52.8 Å². The number of hydrogen-bond acceptors (Lipinski definition) is 6. The van der Waals surface area contributed by atoms with Crippen LogP contribution in [0.2, 0.25) is 0 Å². The Morgan fingerprint density at radius 1 is 1.11 bits per heavy atom. The van der Waals surface area contributed by atoms with Crippen LogP contribution in [0.4, 0.5) is 4.39 Å². The van der Waals surface area contributed by atoms with Gasteiger partial charge in [-0.15, -0.1) is 0 Å². The number of carbonyl (C=O) groups is 2. The van der Waals surface area contributed by atoms with Crippen molar-refractivity contribution in [2.24, 2.45) is 0 Å². The fraction of sp³-hybridized carbons (Fsp3) is 0.154. The first-order valence-corrected chi connectivity index (χ1v) is 15.3. The van der Waals surface area contributed by atoms with E-state index in [0.29, 0.717) is 32.2 Å². The van der Waals surface area contributed by atoms with Crippen molar-refractivity contribution in [1.82, 2.24) is 5.32 Å². The maximum absolute atomic E-state index is 13.5. The predicted molar refractivity (Wildman–Crippen MR) is 138 cm³/mol. The van der Waals surface area contributed by atoms with Gasteiger partial charge in [-0.1, -0.05) is 0 Å². The molecule has 0 aliphatic heterocycles. The van der Waals surface area contributed by atoms with E-state index in [1.807, 2.05) is 0 Å². The minimum atomic E-state index is -3.25. The number of sulfone groups is 1. The first kappa shape index (κ1) is 26.4. The molecule has 191 valence electrons. The zero-order valence-corrected chi connectivity index (χ0v) is 22.5. The molecule has 0 aliphatic rings. The van der Waals surface area contributed by atoms with E-state index >= 15 is 0 Å².